The van der Waals surface area contributed by atoms with E-state index in [0.717, 1.165) is 18.4 Å². The van der Waals surface area contributed by atoms with Crippen molar-refractivity contribution in [3.8, 4) is 0 Å². The van der Waals surface area contributed by atoms with Crippen LogP contribution < -0.4 is 4.31 Å². The lowest BCUT2D eigenvalue weighted by atomic mass is 9.94. The Morgan fingerprint density at radius 3 is 2.65 bits per heavy atom. The van der Waals surface area contributed by atoms with Gasteiger partial charge in [0, 0.05) is 6.54 Å². The highest BCUT2D eigenvalue weighted by Gasteiger charge is 2.38. The molecule has 1 unspecified atom stereocenters. The Balaban J connectivity index is 1.97. The first-order chi connectivity index (χ1) is 9.47. The Labute approximate surface area is 118 Å². The van der Waals surface area contributed by atoms with E-state index >= 15 is 0 Å². The van der Waals surface area contributed by atoms with Crippen molar-refractivity contribution in [1.82, 2.24) is 0 Å². The van der Waals surface area contributed by atoms with E-state index < -0.39 is 21.9 Å². The zero-order valence-electron chi connectivity index (χ0n) is 11.0. The van der Waals surface area contributed by atoms with Crippen molar-refractivity contribution < 1.29 is 18.3 Å². The maximum absolute atomic E-state index is 12.5. The number of anilines is 1. The summed E-state index contributed by atoms with van der Waals surface area (Å²) in [6.07, 6.45) is 2.30. The van der Waals surface area contributed by atoms with Crippen molar-refractivity contribution in [1.29, 1.82) is 0 Å². The number of hydrogen-bond donors (Lipinski definition) is 1. The highest BCUT2D eigenvalue weighted by Crippen LogP contribution is 2.36. The minimum absolute atomic E-state index is 0.0431. The number of rotatable bonds is 4. The van der Waals surface area contributed by atoms with Crippen LogP contribution in [0.3, 0.4) is 0 Å². The average Bonchev–Trinajstić information content (AvgIpc) is 3.20. The van der Waals surface area contributed by atoms with Gasteiger partial charge in [-0.25, -0.2) is 8.42 Å². The lowest BCUT2D eigenvalue weighted by Gasteiger charge is -2.33. The van der Waals surface area contributed by atoms with Crippen molar-refractivity contribution in [2.45, 2.75) is 19.3 Å². The molecule has 0 spiro atoms. The summed E-state index contributed by atoms with van der Waals surface area (Å²) in [6.45, 7) is 0.0431. The molecule has 0 amide bonds. The molecule has 108 valence electrons. The number of aliphatic carboxylic acids is 1. The second-order valence-corrected chi connectivity index (χ2v) is 7.56. The summed E-state index contributed by atoms with van der Waals surface area (Å²) < 4.78 is 26.3. The fraction of sp³-hybridized carbons (Fsp3) is 0.500. The third-order valence-corrected chi connectivity index (χ3v) is 5.85. The van der Waals surface area contributed by atoms with E-state index in [9.17, 15) is 18.3 Å². The molecule has 1 aliphatic heterocycles. The van der Waals surface area contributed by atoms with Gasteiger partial charge in [0.1, 0.15) is 0 Å². The average molecular weight is 295 g/mol. The van der Waals surface area contributed by atoms with Gasteiger partial charge in [-0.3, -0.25) is 9.10 Å². The normalized spacial score (nSPS) is 22.4. The van der Waals surface area contributed by atoms with Gasteiger partial charge >= 0.3 is 5.97 Å². The number of fused-ring (bicyclic) bond motifs is 1. The number of nitrogens with zero attached hydrogens (tertiary/aromatic N) is 1. The number of sulfonamides is 1. The van der Waals surface area contributed by atoms with E-state index in [2.05, 4.69) is 0 Å². The predicted molar refractivity (Wildman–Crippen MR) is 75.1 cm³/mol. The van der Waals surface area contributed by atoms with Crippen molar-refractivity contribution in [3.05, 3.63) is 29.8 Å². The molecule has 1 saturated carbocycles. The van der Waals surface area contributed by atoms with Gasteiger partial charge in [0.05, 0.1) is 17.4 Å². The molecule has 0 bridgehead atoms. The van der Waals surface area contributed by atoms with Crippen LogP contribution in [0.5, 0.6) is 0 Å². The molecule has 1 heterocycles. The van der Waals surface area contributed by atoms with Gasteiger partial charge in [-0.2, -0.15) is 0 Å². The Morgan fingerprint density at radius 2 is 2.00 bits per heavy atom. The molecule has 1 atom stereocenters. The third kappa shape index (κ3) is 2.52. The van der Waals surface area contributed by atoms with Gasteiger partial charge in [-0.15, -0.1) is 0 Å². The van der Waals surface area contributed by atoms with E-state index in [-0.39, 0.29) is 18.2 Å². The monoisotopic (exact) mass is 295 g/mol. The molecule has 0 radical (unpaired) electrons. The van der Waals surface area contributed by atoms with Crippen LogP contribution in [0.15, 0.2) is 24.3 Å². The molecule has 1 aromatic rings. The van der Waals surface area contributed by atoms with Crippen LogP contribution in [0.2, 0.25) is 0 Å². The van der Waals surface area contributed by atoms with Crippen LogP contribution in [0.1, 0.15) is 18.4 Å². The van der Waals surface area contributed by atoms with E-state index in [1.54, 1.807) is 12.1 Å². The summed E-state index contributed by atoms with van der Waals surface area (Å²) in [6, 6.07) is 7.18. The standard InChI is InChI=1S/C14H17NO4S/c16-14(17)12-7-11-3-1-2-4-13(11)15(8-12)20(18,19)9-10-5-6-10/h1-4,10,12H,5-9H2,(H,16,17). The largest absolute Gasteiger partial charge is 0.481 e. The van der Waals surface area contributed by atoms with E-state index in [1.165, 1.54) is 4.31 Å². The smallest absolute Gasteiger partial charge is 0.308 e. The first-order valence-electron chi connectivity index (χ1n) is 6.78. The number of benzene rings is 1. The molecule has 1 N–H and O–H groups in total. The summed E-state index contributed by atoms with van der Waals surface area (Å²) >= 11 is 0. The summed E-state index contributed by atoms with van der Waals surface area (Å²) in [4.78, 5) is 11.2. The molecule has 6 heteroatoms. The number of para-hydroxylation sites is 1. The van der Waals surface area contributed by atoms with Gasteiger partial charge in [0.15, 0.2) is 0 Å². The van der Waals surface area contributed by atoms with Gasteiger partial charge < -0.3 is 5.11 Å². The van der Waals surface area contributed by atoms with Crippen molar-refractivity contribution >= 4 is 21.7 Å². The molecule has 0 saturated heterocycles. The SMILES string of the molecule is O=C(O)C1Cc2ccccc2N(S(=O)(=O)CC2CC2)C1. The summed E-state index contributed by atoms with van der Waals surface area (Å²) in [5, 5.41) is 9.22. The Kier molecular flexibility index (Phi) is 3.20. The van der Waals surface area contributed by atoms with Crippen LogP contribution in [0.4, 0.5) is 5.69 Å². The molecule has 20 heavy (non-hydrogen) atoms. The van der Waals surface area contributed by atoms with Crippen LogP contribution in [0, 0.1) is 11.8 Å². The van der Waals surface area contributed by atoms with Crippen molar-refractivity contribution in [2.24, 2.45) is 11.8 Å². The van der Waals surface area contributed by atoms with Crippen LogP contribution >= 0.6 is 0 Å². The second-order valence-electron chi connectivity index (χ2n) is 5.62. The highest BCUT2D eigenvalue weighted by molar-refractivity contribution is 7.92. The third-order valence-electron chi connectivity index (χ3n) is 3.94. The molecule has 1 aromatic carbocycles. The molecule has 5 nitrogen and oxygen atoms in total. The highest BCUT2D eigenvalue weighted by atomic mass is 32.2. The van der Waals surface area contributed by atoms with Crippen LogP contribution in [0.25, 0.3) is 0 Å². The molecule has 1 aliphatic carbocycles. The zero-order valence-corrected chi connectivity index (χ0v) is 11.8. The van der Waals surface area contributed by atoms with Crippen LogP contribution in [-0.2, 0) is 21.2 Å². The van der Waals surface area contributed by atoms with Gasteiger partial charge in [-0.05, 0) is 36.8 Å². The fourth-order valence-corrected chi connectivity index (χ4v) is 4.65. The number of carboxylic acids is 1. The van der Waals surface area contributed by atoms with Crippen molar-refractivity contribution in [2.75, 3.05) is 16.6 Å². The lowest BCUT2D eigenvalue weighted by molar-refractivity contribution is -0.141. The number of carboxylic acid groups (broad SMARTS) is 1. The minimum atomic E-state index is -3.43. The van der Waals surface area contributed by atoms with Gasteiger partial charge in [0.2, 0.25) is 10.0 Å². The lowest BCUT2D eigenvalue weighted by Crippen LogP contribution is -2.43. The topological polar surface area (TPSA) is 74.7 Å². The summed E-state index contributed by atoms with van der Waals surface area (Å²) in [5.41, 5.74) is 1.44. The minimum Gasteiger partial charge on any atom is -0.481 e. The van der Waals surface area contributed by atoms with E-state index in [4.69, 9.17) is 0 Å². The molecule has 2 aliphatic rings. The zero-order chi connectivity index (χ0) is 14.3. The molecule has 1 fully saturated rings. The quantitative estimate of drug-likeness (QED) is 0.913. The Morgan fingerprint density at radius 1 is 1.30 bits per heavy atom. The van der Waals surface area contributed by atoms with E-state index in [0.29, 0.717) is 12.1 Å². The predicted octanol–water partition coefficient (Wildman–Crippen LogP) is 1.49. The van der Waals surface area contributed by atoms with Gasteiger partial charge in [-0.1, -0.05) is 18.2 Å². The van der Waals surface area contributed by atoms with Crippen molar-refractivity contribution in [3.63, 3.8) is 0 Å². The molecular weight excluding hydrogens is 278 g/mol. The molecular formula is C14H17NO4S. The first-order valence-corrected chi connectivity index (χ1v) is 8.39. The van der Waals surface area contributed by atoms with E-state index in [1.807, 2.05) is 12.1 Å². The van der Waals surface area contributed by atoms with Crippen LogP contribution in [-0.4, -0.2) is 31.8 Å². The van der Waals surface area contributed by atoms with Gasteiger partial charge in [0.25, 0.3) is 0 Å². The molecule has 0 aromatic heterocycles. The maximum atomic E-state index is 12.5. The first kappa shape index (κ1) is 13.4. The second kappa shape index (κ2) is 4.77. The summed E-state index contributed by atoms with van der Waals surface area (Å²) in [7, 11) is -3.43. The maximum Gasteiger partial charge on any atom is 0.308 e. The fourth-order valence-electron chi connectivity index (χ4n) is 2.66. The number of hydrogen-bond acceptors (Lipinski definition) is 3. The Bertz CT molecular complexity index is 636. The summed E-state index contributed by atoms with van der Waals surface area (Å²) in [5.74, 6) is -1.23. The molecule has 3 rings (SSSR count). The number of carbonyl (C=O) groups is 1. The Hall–Kier alpha value is -1.56.